The number of aromatic nitrogens is 2. The third-order valence-corrected chi connectivity index (χ3v) is 4.37. The zero-order valence-electron chi connectivity index (χ0n) is 12.2. The Bertz CT molecular complexity index is 809. The molecule has 4 rings (SSSR count). The summed E-state index contributed by atoms with van der Waals surface area (Å²) in [6, 6.07) is 16.1. The number of likely N-dealkylation sites (tertiary alicyclic amines) is 1. The lowest BCUT2D eigenvalue weighted by atomic mass is 10.0. The van der Waals surface area contributed by atoms with Crippen molar-refractivity contribution in [1.82, 2.24) is 14.9 Å². The van der Waals surface area contributed by atoms with Crippen LogP contribution in [0.15, 0.2) is 54.9 Å². The lowest BCUT2D eigenvalue weighted by Crippen LogP contribution is -2.30. The highest BCUT2D eigenvalue weighted by molar-refractivity contribution is 5.97. The first-order chi connectivity index (χ1) is 10.8. The Kier molecular flexibility index (Phi) is 3.15. The van der Waals surface area contributed by atoms with Gasteiger partial charge in [-0.1, -0.05) is 30.3 Å². The Balaban J connectivity index is 1.66. The Hall–Kier alpha value is -2.62. The van der Waals surface area contributed by atoms with Crippen molar-refractivity contribution >= 4 is 16.9 Å². The van der Waals surface area contributed by atoms with Gasteiger partial charge in [-0.15, -0.1) is 0 Å². The lowest BCUT2D eigenvalue weighted by Gasteiger charge is -2.25. The SMILES string of the molecule is O=C(c1ccc2nc[nH]c2c1)N1CCC[C@H]1c1ccccc1. The number of hydrogen-bond acceptors (Lipinski definition) is 2. The Morgan fingerprint density at radius 2 is 2.05 bits per heavy atom. The molecule has 0 bridgehead atoms. The summed E-state index contributed by atoms with van der Waals surface area (Å²) in [4.78, 5) is 22.1. The number of aromatic amines is 1. The molecule has 1 aromatic heterocycles. The van der Waals surface area contributed by atoms with Gasteiger partial charge in [0.15, 0.2) is 0 Å². The molecule has 3 aromatic rings. The highest BCUT2D eigenvalue weighted by atomic mass is 16.2. The van der Waals surface area contributed by atoms with Crippen LogP contribution >= 0.6 is 0 Å². The summed E-state index contributed by atoms with van der Waals surface area (Å²) in [5, 5.41) is 0. The van der Waals surface area contributed by atoms with Crippen LogP contribution in [-0.4, -0.2) is 27.3 Å². The third-order valence-electron chi connectivity index (χ3n) is 4.37. The highest BCUT2D eigenvalue weighted by Gasteiger charge is 2.30. The number of benzene rings is 2. The maximum absolute atomic E-state index is 12.9. The fourth-order valence-corrected chi connectivity index (χ4v) is 3.27. The van der Waals surface area contributed by atoms with Crippen molar-refractivity contribution in [1.29, 1.82) is 0 Å². The van der Waals surface area contributed by atoms with Crippen molar-refractivity contribution < 1.29 is 4.79 Å². The van der Waals surface area contributed by atoms with Gasteiger partial charge in [0.1, 0.15) is 0 Å². The number of imidazole rings is 1. The Morgan fingerprint density at radius 3 is 2.91 bits per heavy atom. The van der Waals surface area contributed by atoms with Crippen LogP contribution in [0.5, 0.6) is 0 Å². The van der Waals surface area contributed by atoms with E-state index in [9.17, 15) is 4.79 Å². The maximum Gasteiger partial charge on any atom is 0.254 e. The van der Waals surface area contributed by atoms with Gasteiger partial charge in [-0.2, -0.15) is 0 Å². The van der Waals surface area contributed by atoms with Crippen LogP contribution in [0.4, 0.5) is 0 Å². The van der Waals surface area contributed by atoms with Crippen LogP contribution in [0.25, 0.3) is 11.0 Å². The minimum Gasteiger partial charge on any atom is -0.345 e. The molecule has 1 saturated heterocycles. The van der Waals surface area contributed by atoms with Gasteiger partial charge in [0.05, 0.1) is 23.4 Å². The van der Waals surface area contributed by atoms with Crippen LogP contribution in [0.1, 0.15) is 34.8 Å². The van der Waals surface area contributed by atoms with Gasteiger partial charge in [-0.05, 0) is 36.6 Å². The summed E-state index contributed by atoms with van der Waals surface area (Å²) in [5.74, 6) is 0.0999. The van der Waals surface area contributed by atoms with Gasteiger partial charge < -0.3 is 9.88 Å². The smallest absolute Gasteiger partial charge is 0.254 e. The molecule has 110 valence electrons. The zero-order chi connectivity index (χ0) is 14.9. The monoisotopic (exact) mass is 291 g/mol. The second-order valence-electron chi connectivity index (χ2n) is 5.70. The van der Waals surface area contributed by atoms with E-state index in [0.717, 1.165) is 36.0 Å². The number of amides is 1. The van der Waals surface area contributed by atoms with Crippen LogP contribution in [-0.2, 0) is 0 Å². The normalized spacial score (nSPS) is 18.0. The van der Waals surface area contributed by atoms with Crippen molar-refractivity contribution in [2.45, 2.75) is 18.9 Å². The number of rotatable bonds is 2. The zero-order valence-corrected chi connectivity index (χ0v) is 12.2. The van der Waals surface area contributed by atoms with Gasteiger partial charge in [-0.3, -0.25) is 4.79 Å². The van der Waals surface area contributed by atoms with Crippen molar-refractivity contribution in [3.63, 3.8) is 0 Å². The van der Waals surface area contributed by atoms with Crippen molar-refractivity contribution in [2.75, 3.05) is 6.54 Å². The molecule has 0 spiro atoms. The minimum atomic E-state index is 0.0999. The minimum absolute atomic E-state index is 0.0999. The second-order valence-corrected chi connectivity index (χ2v) is 5.70. The molecule has 1 aliphatic rings. The highest BCUT2D eigenvalue weighted by Crippen LogP contribution is 2.33. The van der Waals surface area contributed by atoms with E-state index in [1.807, 2.05) is 41.3 Å². The molecule has 4 nitrogen and oxygen atoms in total. The molecule has 1 amide bonds. The van der Waals surface area contributed by atoms with E-state index in [1.54, 1.807) is 6.33 Å². The molecular weight excluding hydrogens is 274 g/mol. The number of hydrogen-bond donors (Lipinski definition) is 1. The van der Waals surface area contributed by atoms with Gasteiger partial charge in [0.2, 0.25) is 0 Å². The second kappa shape index (κ2) is 5.30. The fraction of sp³-hybridized carbons (Fsp3) is 0.222. The van der Waals surface area contributed by atoms with Gasteiger partial charge in [-0.25, -0.2) is 4.98 Å². The average Bonchev–Trinajstić information content (AvgIpc) is 3.23. The number of carbonyl (C=O) groups excluding carboxylic acids is 1. The van der Waals surface area contributed by atoms with Crippen molar-refractivity contribution in [3.8, 4) is 0 Å². The van der Waals surface area contributed by atoms with E-state index in [-0.39, 0.29) is 11.9 Å². The van der Waals surface area contributed by atoms with Crippen LogP contribution in [0.2, 0.25) is 0 Å². The lowest BCUT2D eigenvalue weighted by molar-refractivity contribution is 0.0736. The molecule has 1 N–H and O–H groups in total. The first kappa shape index (κ1) is 13.1. The van der Waals surface area contributed by atoms with E-state index < -0.39 is 0 Å². The van der Waals surface area contributed by atoms with Crippen molar-refractivity contribution in [3.05, 3.63) is 66.0 Å². The van der Waals surface area contributed by atoms with Gasteiger partial charge in [0, 0.05) is 12.1 Å². The molecule has 0 unspecified atom stereocenters. The number of nitrogens with one attached hydrogen (secondary N) is 1. The molecule has 0 saturated carbocycles. The largest absolute Gasteiger partial charge is 0.345 e. The molecule has 1 fully saturated rings. The topological polar surface area (TPSA) is 49.0 Å². The summed E-state index contributed by atoms with van der Waals surface area (Å²) in [7, 11) is 0. The predicted molar refractivity (Wildman–Crippen MR) is 85.5 cm³/mol. The number of H-pyrrole nitrogens is 1. The first-order valence-corrected chi connectivity index (χ1v) is 7.62. The molecule has 4 heteroatoms. The third kappa shape index (κ3) is 2.17. The Labute approximate surface area is 128 Å². The van der Waals surface area contributed by atoms with E-state index in [4.69, 9.17) is 0 Å². The molecule has 22 heavy (non-hydrogen) atoms. The van der Waals surface area contributed by atoms with Gasteiger partial charge >= 0.3 is 0 Å². The fourth-order valence-electron chi connectivity index (χ4n) is 3.27. The molecule has 1 atom stereocenters. The number of nitrogens with zero attached hydrogens (tertiary/aromatic N) is 2. The Morgan fingerprint density at radius 1 is 1.18 bits per heavy atom. The van der Waals surface area contributed by atoms with E-state index >= 15 is 0 Å². The molecular formula is C18H17N3O. The van der Waals surface area contributed by atoms with Crippen LogP contribution in [0.3, 0.4) is 0 Å². The van der Waals surface area contributed by atoms with E-state index in [0.29, 0.717) is 0 Å². The summed E-state index contributed by atoms with van der Waals surface area (Å²) < 4.78 is 0. The molecule has 0 radical (unpaired) electrons. The summed E-state index contributed by atoms with van der Waals surface area (Å²) in [5.41, 5.74) is 3.73. The van der Waals surface area contributed by atoms with Crippen LogP contribution < -0.4 is 0 Å². The summed E-state index contributed by atoms with van der Waals surface area (Å²) in [6.07, 6.45) is 3.74. The maximum atomic E-state index is 12.9. The standard InChI is InChI=1S/C18H17N3O/c22-18(14-8-9-15-16(11-14)20-12-19-15)21-10-4-7-17(21)13-5-2-1-3-6-13/h1-3,5-6,8-9,11-12,17H,4,7,10H2,(H,19,20)/t17-/m0/s1. The summed E-state index contributed by atoms with van der Waals surface area (Å²) in [6.45, 7) is 0.819. The molecule has 2 aromatic carbocycles. The first-order valence-electron chi connectivity index (χ1n) is 7.62. The molecule has 1 aliphatic heterocycles. The van der Waals surface area contributed by atoms with Crippen molar-refractivity contribution in [2.24, 2.45) is 0 Å². The van der Waals surface area contributed by atoms with E-state index in [1.165, 1.54) is 5.56 Å². The predicted octanol–water partition coefficient (Wildman–Crippen LogP) is 3.54. The quantitative estimate of drug-likeness (QED) is 0.785. The summed E-state index contributed by atoms with van der Waals surface area (Å²) >= 11 is 0. The number of carbonyl (C=O) groups is 1. The molecule has 0 aliphatic carbocycles. The average molecular weight is 291 g/mol. The van der Waals surface area contributed by atoms with Gasteiger partial charge in [0.25, 0.3) is 5.91 Å². The van der Waals surface area contributed by atoms with Crippen LogP contribution in [0, 0.1) is 0 Å². The van der Waals surface area contributed by atoms with E-state index in [2.05, 4.69) is 22.1 Å². The molecule has 2 heterocycles. The number of fused-ring (bicyclic) bond motifs is 1.